The number of carbonyl (C=O) groups excluding carboxylic acids is 4. The minimum absolute atomic E-state index is 0.0855. The molecule has 50 heavy (non-hydrogen) atoms. The number of carbonyl (C=O) groups is 5. The first-order valence-electron chi connectivity index (χ1n) is 14.6. The quantitative estimate of drug-likeness (QED) is 0.0957. The Balaban J connectivity index is 1.44. The number of anilines is 1. The van der Waals surface area contributed by atoms with Crippen molar-refractivity contribution in [2.45, 2.75) is 6.92 Å². The molecular weight excluding hydrogens is 650 g/mol. The average Bonchev–Trinajstić information content (AvgIpc) is 3.26. The summed E-state index contributed by atoms with van der Waals surface area (Å²) in [4.78, 5) is 65.5. The minimum atomic E-state index is -1.38. The molecule has 5 rings (SSSR count). The second kappa shape index (κ2) is 14.2. The molecule has 1 aliphatic heterocycles. The molecule has 0 bridgehead atoms. The molecule has 0 aliphatic carbocycles. The number of carboxylic acids is 1. The van der Waals surface area contributed by atoms with Crippen molar-refractivity contribution < 1.29 is 54.2 Å². The maximum absolute atomic E-state index is 13.3. The first kappa shape index (κ1) is 34.0. The van der Waals surface area contributed by atoms with Crippen molar-refractivity contribution >= 4 is 35.3 Å². The number of para-hydroxylation sites is 1. The summed E-state index contributed by atoms with van der Waals surface area (Å²) in [5.41, 5.74) is -1.67. The van der Waals surface area contributed by atoms with Crippen molar-refractivity contribution in [1.29, 1.82) is 0 Å². The van der Waals surface area contributed by atoms with Gasteiger partial charge in [0.05, 0.1) is 16.7 Å². The van der Waals surface area contributed by atoms with E-state index in [0.717, 1.165) is 29.2 Å². The van der Waals surface area contributed by atoms with E-state index in [4.69, 9.17) is 4.74 Å². The van der Waals surface area contributed by atoms with E-state index in [1.807, 2.05) is 0 Å². The van der Waals surface area contributed by atoms with Crippen LogP contribution in [0, 0.1) is 6.92 Å². The number of nitrogens with zero attached hydrogens (tertiary/aromatic N) is 1. The summed E-state index contributed by atoms with van der Waals surface area (Å²) in [6.07, 6.45) is 5.10. The number of aromatic hydroxyl groups is 4. The van der Waals surface area contributed by atoms with Gasteiger partial charge in [0.2, 0.25) is 5.78 Å². The van der Waals surface area contributed by atoms with E-state index in [2.05, 4.69) is 10.6 Å². The van der Waals surface area contributed by atoms with E-state index < -0.39 is 63.6 Å². The summed E-state index contributed by atoms with van der Waals surface area (Å²) in [6.45, 7) is 1.27. The zero-order valence-corrected chi connectivity index (χ0v) is 25.9. The van der Waals surface area contributed by atoms with Crippen LogP contribution in [0.25, 0.3) is 0 Å². The molecule has 0 radical (unpaired) electrons. The molecule has 4 aromatic rings. The second-order valence-electron chi connectivity index (χ2n) is 10.7. The number of phenolic OH excluding ortho intramolecular Hbond substituents is 4. The monoisotopic (exact) mass is 677 g/mol. The number of nitrogens with one attached hydrogen (secondary N) is 2. The number of hydrogen-bond donors (Lipinski definition) is 7. The largest absolute Gasteiger partial charge is 0.508 e. The third kappa shape index (κ3) is 7.29. The predicted molar refractivity (Wildman–Crippen MR) is 177 cm³/mol. The molecule has 0 unspecified atom stereocenters. The lowest BCUT2D eigenvalue weighted by Gasteiger charge is -2.18. The van der Waals surface area contributed by atoms with Gasteiger partial charge in [0.1, 0.15) is 34.3 Å². The van der Waals surface area contributed by atoms with Gasteiger partial charge < -0.3 is 40.9 Å². The molecular formula is C36H27N3O11. The topological polar surface area (TPSA) is 223 Å². The summed E-state index contributed by atoms with van der Waals surface area (Å²) in [7, 11) is 0. The Morgan fingerprint density at radius 1 is 0.740 bits per heavy atom. The van der Waals surface area contributed by atoms with E-state index in [0.29, 0.717) is 5.69 Å². The zero-order valence-electron chi connectivity index (χ0n) is 25.9. The van der Waals surface area contributed by atoms with Crippen LogP contribution in [-0.4, -0.2) is 60.1 Å². The van der Waals surface area contributed by atoms with Crippen LogP contribution in [0.2, 0.25) is 0 Å². The van der Waals surface area contributed by atoms with Crippen LogP contribution < -0.4 is 10.6 Å². The van der Waals surface area contributed by atoms with Gasteiger partial charge in [-0.15, -0.1) is 0 Å². The van der Waals surface area contributed by atoms with Gasteiger partial charge in [0, 0.05) is 23.7 Å². The lowest BCUT2D eigenvalue weighted by Crippen LogP contribution is -2.30. The fourth-order valence-corrected chi connectivity index (χ4v) is 4.85. The van der Waals surface area contributed by atoms with Gasteiger partial charge in [-0.3, -0.25) is 14.5 Å². The normalized spacial score (nSPS) is 12.2. The number of carboxylic acid groups (broad SMARTS) is 1. The van der Waals surface area contributed by atoms with Crippen LogP contribution in [0.5, 0.6) is 23.0 Å². The predicted octanol–water partition coefficient (Wildman–Crippen LogP) is 5.12. The molecule has 0 aromatic heterocycles. The molecule has 14 heteroatoms. The number of hydrogen-bond acceptors (Lipinski definition) is 10. The number of allylic oxidation sites excluding steroid dienone is 2. The van der Waals surface area contributed by atoms with Crippen LogP contribution in [0.3, 0.4) is 0 Å². The fraction of sp³-hybridized carbons (Fsp3) is 0.0278. The number of urea groups is 1. The first-order chi connectivity index (χ1) is 23.8. The van der Waals surface area contributed by atoms with Crippen molar-refractivity contribution in [2.24, 2.45) is 0 Å². The maximum Gasteiger partial charge on any atom is 0.343 e. The highest BCUT2D eigenvalue weighted by Crippen LogP contribution is 2.36. The number of ketones is 1. The Bertz CT molecular complexity index is 2110. The highest BCUT2D eigenvalue weighted by molar-refractivity contribution is 6.16. The van der Waals surface area contributed by atoms with Crippen LogP contribution in [0.1, 0.15) is 52.6 Å². The van der Waals surface area contributed by atoms with E-state index in [1.54, 1.807) is 30.3 Å². The molecule has 0 spiro atoms. The fourth-order valence-electron chi connectivity index (χ4n) is 4.85. The van der Waals surface area contributed by atoms with Crippen molar-refractivity contribution in [3.63, 3.8) is 0 Å². The molecule has 4 aromatic carbocycles. The first-order valence-corrected chi connectivity index (χ1v) is 14.6. The van der Waals surface area contributed by atoms with Crippen molar-refractivity contribution in [1.82, 2.24) is 10.2 Å². The summed E-state index contributed by atoms with van der Waals surface area (Å²) >= 11 is 0. The molecule has 0 saturated carbocycles. The molecule has 7 N–H and O–H groups in total. The Morgan fingerprint density at radius 2 is 1.40 bits per heavy atom. The van der Waals surface area contributed by atoms with Crippen LogP contribution in [0.4, 0.5) is 10.5 Å². The number of aromatic carboxylic acids is 1. The summed E-state index contributed by atoms with van der Waals surface area (Å²) in [5, 5.41) is 56.1. The highest BCUT2D eigenvalue weighted by atomic mass is 16.5. The number of rotatable bonds is 8. The molecule has 1 heterocycles. The van der Waals surface area contributed by atoms with Crippen LogP contribution >= 0.6 is 0 Å². The Hall–Kier alpha value is -7.35. The highest BCUT2D eigenvalue weighted by Gasteiger charge is 2.28. The van der Waals surface area contributed by atoms with Gasteiger partial charge in [-0.2, -0.15) is 0 Å². The maximum atomic E-state index is 13.3. The zero-order chi connectivity index (χ0) is 36.1. The Kier molecular flexibility index (Phi) is 9.65. The lowest BCUT2D eigenvalue weighted by atomic mass is 9.93. The van der Waals surface area contributed by atoms with Gasteiger partial charge >= 0.3 is 18.0 Å². The summed E-state index contributed by atoms with van der Waals surface area (Å²) in [5.74, 6) is -7.12. The van der Waals surface area contributed by atoms with Crippen LogP contribution in [-0.2, 0) is 4.74 Å². The molecule has 0 atom stereocenters. The summed E-state index contributed by atoms with van der Waals surface area (Å²) < 4.78 is 5.52. The van der Waals surface area contributed by atoms with Crippen LogP contribution in [0.15, 0.2) is 115 Å². The van der Waals surface area contributed by atoms with Gasteiger partial charge in [0.25, 0.3) is 5.91 Å². The SMILES string of the molecule is Cc1c(C(=O)O)ccc(O)c1C(=O)c1c(O)cc(C(=O)OC2=CC=CN(C(=O)Nc3ccccc3)C=C2NC(=O)c2ccc(O)cc2)cc1O. The van der Waals surface area contributed by atoms with Gasteiger partial charge in [-0.05, 0) is 85.3 Å². The van der Waals surface area contributed by atoms with Gasteiger partial charge in [-0.25, -0.2) is 14.4 Å². The number of benzene rings is 4. The molecule has 3 amide bonds. The van der Waals surface area contributed by atoms with Gasteiger partial charge in [0.15, 0.2) is 5.76 Å². The smallest absolute Gasteiger partial charge is 0.343 e. The van der Waals surface area contributed by atoms with Gasteiger partial charge in [-0.1, -0.05) is 18.2 Å². The lowest BCUT2D eigenvalue weighted by molar-refractivity contribution is 0.0623. The minimum Gasteiger partial charge on any atom is -0.508 e. The summed E-state index contributed by atoms with van der Waals surface area (Å²) in [6, 6.07) is 16.8. The van der Waals surface area contributed by atoms with Crippen molar-refractivity contribution in [2.75, 3.05) is 5.32 Å². The number of phenols is 4. The van der Waals surface area contributed by atoms with E-state index in [9.17, 15) is 49.5 Å². The molecule has 1 aliphatic rings. The number of esters is 1. The molecule has 14 nitrogen and oxygen atoms in total. The third-order valence-corrected chi connectivity index (χ3v) is 7.33. The standard InChI is InChI=1S/C36H27N3O11/c1-19-24(34(46)47)13-14-26(41)30(19)32(44)31-27(42)16-21(17-28(31)43)35(48)50-29-8-5-15-39(36(49)37-22-6-3-2-4-7-22)18-25(29)38-33(45)20-9-11-23(40)12-10-20/h2-18,40-43H,1H3,(H,37,49)(H,38,45)(H,46,47). The number of ether oxygens (including phenoxy) is 1. The third-order valence-electron chi connectivity index (χ3n) is 7.33. The Labute approximate surface area is 283 Å². The van der Waals surface area contributed by atoms with Crippen molar-refractivity contribution in [3.8, 4) is 23.0 Å². The molecule has 0 fully saturated rings. The van der Waals surface area contributed by atoms with E-state index in [1.165, 1.54) is 55.7 Å². The number of amides is 3. The average molecular weight is 678 g/mol. The van der Waals surface area contributed by atoms with E-state index >= 15 is 0 Å². The second-order valence-corrected chi connectivity index (χ2v) is 10.7. The van der Waals surface area contributed by atoms with E-state index in [-0.39, 0.29) is 33.9 Å². The molecule has 0 saturated heterocycles. The van der Waals surface area contributed by atoms with Crippen molar-refractivity contribution in [3.05, 3.63) is 148 Å². The Morgan fingerprint density at radius 3 is 2.04 bits per heavy atom. The molecule has 252 valence electrons.